The van der Waals surface area contributed by atoms with E-state index in [1.165, 1.54) is 5.56 Å². The van der Waals surface area contributed by atoms with E-state index in [1.807, 2.05) is 36.5 Å². The number of thioether (sulfide) groups is 1. The maximum Gasteiger partial charge on any atom is 0.127 e. The van der Waals surface area contributed by atoms with E-state index in [1.54, 1.807) is 18.0 Å². The monoisotopic (exact) mass is 241 g/mol. The zero-order valence-electron chi connectivity index (χ0n) is 9.08. The lowest BCUT2D eigenvalue weighted by atomic mass is 10.2. The lowest BCUT2D eigenvalue weighted by Gasteiger charge is -2.08. The van der Waals surface area contributed by atoms with E-state index >= 15 is 0 Å². The first kappa shape index (κ1) is 10.4. The average molecular weight is 241 g/mol. The van der Waals surface area contributed by atoms with Gasteiger partial charge in [0, 0.05) is 18.0 Å². The van der Waals surface area contributed by atoms with Crippen LogP contribution in [-0.4, -0.2) is 10.0 Å². The summed E-state index contributed by atoms with van der Waals surface area (Å²) < 4.78 is 0. The van der Waals surface area contributed by atoms with Crippen molar-refractivity contribution in [3.8, 4) is 0 Å². The van der Waals surface area contributed by atoms with Crippen molar-refractivity contribution in [1.82, 2.24) is 10.4 Å². The number of aromatic nitrogens is 1. The van der Waals surface area contributed by atoms with Gasteiger partial charge in [-0.3, -0.25) is 10.4 Å². The van der Waals surface area contributed by atoms with E-state index in [9.17, 15) is 0 Å². The summed E-state index contributed by atoms with van der Waals surface area (Å²) in [5.74, 6) is 0. The maximum absolute atomic E-state index is 4.35. The molecular formula is C13H11N3S. The molecule has 2 aromatic rings. The Balaban J connectivity index is 1.78. The van der Waals surface area contributed by atoms with Crippen LogP contribution in [0.25, 0.3) is 0 Å². The summed E-state index contributed by atoms with van der Waals surface area (Å²) in [7, 11) is 0. The number of hydrazone groups is 1. The van der Waals surface area contributed by atoms with E-state index in [0.29, 0.717) is 0 Å². The molecule has 0 saturated heterocycles. The molecule has 1 N–H and O–H groups in total. The summed E-state index contributed by atoms with van der Waals surface area (Å²) in [5.41, 5.74) is 5.44. The van der Waals surface area contributed by atoms with Crippen molar-refractivity contribution in [2.75, 3.05) is 0 Å². The Hall–Kier alpha value is -1.81. The fourth-order valence-electron chi connectivity index (χ4n) is 1.67. The predicted octanol–water partition coefficient (Wildman–Crippen LogP) is 2.78. The number of nitrogens with zero attached hydrogens (tertiary/aromatic N) is 2. The van der Waals surface area contributed by atoms with Crippen LogP contribution in [0, 0.1) is 0 Å². The van der Waals surface area contributed by atoms with Crippen molar-refractivity contribution in [3.63, 3.8) is 0 Å². The largest absolute Gasteiger partial charge is 0.291 e. The van der Waals surface area contributed by atoms with Crippen LogP contribution in [0.1, 0.15) is 16.5 Å². The van der Waals surface area contributed by atoms with E-state index in [4.69, 9.17) is 0 Å². The minimum Gasteiger partial charge on any atom is -0.291 e. The summed E-state index contributed by atoms with van der Waals surface area (Å²) in [5, 5.41) is 5.55. The first-order chi connectivity index (χ1) is 8.43. The SMILES string of the molecule is c1ccc(C2NN=C(c3cccnc3)S2)cc1. The summed E-state index contributed by atoms with van der Waals surface area (Å²) in [6.45, 7) is 0. The van der Waals surface area contributed by atoms with Crippen molar-refractivity contribution in [1.29, 1.82) is 0 Å². The smallest absolute Gasteiger partial charge is 0.127 e. The van der Waals surface area contributed by atoms with Gasteiger partial charge >= 0.3 is 0 Å². The first-order valence-electron chi connectivity index (χ1n) is 5.39. The highest BCUT2D eigenvalue weighted by molar-refractivity contribution is 8.14. The molecule has 3 rings (SSSR count). The van der Waals surface area contributed by atoms with Gasteiger partial charge in [-0.25, -0.2) is 0 Å². The predicted molar refractivity (Wildman–Crippen MR) is 70.7 cm³/mol. The Morgan fingerprint density at radius 1 is 1.06 bits per heavy atom. The molecule has 0 spiro atoms. The molecule has 4 heteroatoms. The van der Waals surface area contributed by atoms with E-state index < -0.39 is 0 Å². The quantitative estimate of drug-likeness (QED) is 0.878. The van der Waals surface area contributed by atoms with Gasteiger partial charge in [0.2, 0.25) is 0 Å². The molecule has 1 aromatic heterocycles. The van der Waals surface area contributed by atoms with Gasteiger partial charge in [0.25, 0.3) is 0 Å². The number of hydrogen-bond acceptors (Lipinski definition) is 4. The Morgan fingerprint density at radius 2 is 1.94 bits per heavy atom. The second kappa shape index (κ2) is 4.59. The fraction of sp³-hybridized carbons (Fsp3) is 0.0769. The molecule has 84 valence electrons. The molecule has 1 aromatic carbocycles. The van der Waals surface area contributed by atoms with E-state index in [2.05, 4.69) is 27.6 Å². The minimum atomic E-state index is 0.200. The van der Waals surface area contributed by atoms with Gasteiger partial charge in [-0.15, -0.1) is 0 Å². The van der Waals surface area contributed by atoms with Crippen molar-refractivity contribution < 1.29 is 0 Å². The van der Waals surface area contributed by atoms with Crippen LogP contribution in [0.4, 0.5) is 0 Å². The molecule has 0 aliphatic carbocycles. The van der Waals surface area contributed by atoms with Crippen molar-refractivity contribution in [3.05, 3.63) is 66.0 Å². The molecule has 1 aliphatic rings. The van der Waals surface area contributed by atoms with Crippen molar-refractivity contribution >= 4 is 16.8 Å². The topological polar surface area (TPSA) is 37.3 Å². The van der Waals surface area contributed by atoms with E-state index in [0.717, 1.165) is 10.6 Å². The third kappa shape index (κ3) is 2.17. The van der Waals surface area contributed by atoms with Gasteiger partial charge in [-0.1, -0.05) is 42.1 Å². The standard InChI is InChI=1S/C13H11N3S/c1-2-5-10(6-3-1)12-15-16-13(17-12)11-7-4-8-14-9-11/h1-9,12,15H. The molecule has 1 aliphatic heterocycles. The summed E-state index contributed by atoms with van der Waals surface area (Å²) >= 11 is 1.72. The number of rotatable bonds is 2. The molecule has 0 amide bonds. The van der Waals surface area contributed by atoms with Gasteiger partial charge < -0.3 is 0 Å². The van der Waals surface area contributed by atoms with Crippen LogP contribution in [0.15, 0.2) is 60.0 Å². The lowest BCUT2D eigenvalue weighted by molar-refractivity contribution is 0.744. The fourth-order valence-corrected chi connectivity index (χ4v) is 2.66. The molecule has 2 heterocycles. The molecule has 3 nitrogen and oxygen atoms in total. The van der Waals surface area contributed by atoms with Gasteiger partial charge in [-0.05, 0) is 17.7 Å². The number of nitrogens with one attached hydrogen (secondary N) is 1. The highest BCUT2D eigenvalue weighted by Gasteiger charge is 2.21. The van der Waals surface area contributed by atoms with Gasteiger partial charge in [0.1, 0.15) is 10.4 Å². The van der Waals surface area contributed by atoms with Gasteiger partial charge in [0.15, 0.2) is 0 Å². The van der Waals surface area contributed by atoms with Crippen molar-refractivity contribution in [2.24, 2.45) is 5.10 Å². The zero-order valence-corrected chi connectivity index (χ0v) is 9.89. The van der Waals surface area contributed by atoms with Crippen LogP contribution in [0.5, 0.6) is 0 Å². The number of hydrogen-bond donors (Lipinski definition) is 1. The molecule has 17 heavy (non-hydrogen) atoms. The summed E-state index contributed by atoms with van der Waals surface area (Å²) in [6, 6.07) is 14.3. The lowest BCUT2D eigenvalue weighted by Crippen LogP contribution is -2.05. The minimum absolute atomic E-state index is 0.200. The molecular weight excluding hydrogens is 230 g/mol. The Labute approximate surface area is 104 Å². The number of benzene rings is 1. The second-order valence-electron chi connectivity index (χ2n) is 3.70. The normalized spacial score (nSPS) is 18.6. The number of pyridine rings is 1. The summed E-state index contributed by atoms with van der Waals surface area (Å²) in [4.78, 5) is 4.11. The summed E-state index contributed by atoms with van der Waals surface area (Å²) in [6.07, 6.45) is 3.60. The van der Waals surface area contributed by atoms with E-state index in [-0.39, 0.29) is 5.37 Å². The maximum atomic E-state index is 4.35. The van der Waals surface area contributed by atoms with Gasteiger partial charge in [-0.2, -0.15) is 5.10 Å². The third-order valence-electron chi connectivity index (χ3n) is 2.52. The molecule has 0 radical (unpaired) electrons. The van der Waals surface area contributed by atoms with Gasteiger partial charge in [0.05, 0.1) is 0 Å². The van der Waals surface area contributed by atoms with Crippen LogP contribution in [0.2, 0.25) is 0 Å². The molecule has 0 saturated carbocycles. The second-order valence-corrected chi connectivity index (χ2v) is 4.79. The zero-order chi connectivity index (χ0) is 11.5. The Bertz CT molecular complexity index is 525. The Morgan fingerprint density at radius 3 is 2.71 bits per heavy atom. The Kier molecular flexibility index (Phi) is 2.80. The molecule has 0 bridgehead atoms. The highest BCUT2D eigenvalue weighted by Crippen LogP contribution is 2.33. The molecule has 1 unspecified atom stereocenters. The van der Waals surface area contributed by atoms with Crippen LogP contribution in [0.3, 0.4) is 0 Å². The first-order valence-corrected chi connectivity index (χ1v) is 6.27. The van der Waals surface area contributed by atoms with Crippen LogP contribution >= 0.6 is 11.8 Å². The third-order valence-corrected chi connectivity index (χ3v) is 3.69. The van der Waals surface area contributed by atoms with Crippen LogP contribution < -0.4 is 5.43 Å². The molecule has 1 atom stereocenters. The average Bonchev–Trinajstić information content (AvgIpc) is 2.90. The van der Waals surface area contributed by atoms with Crippen LogP contribution in [-0.2, 0) is 0 Å². The highest BCUT2D eigenvalue weighted by atomic mass is 32.2. The van der Waals surface area contributed by atoms with Crippen molar-refractivity contribution in [2.45, 2.75) is 5.37 Å². The molecule has 0 fully saturated rings.